The Hall–Kier alpha value is -2.54. The van der Waals surface area contributed by atoms with Gasteiger partial charge in [-0.2, -0.15) is 0 Å². The molecule has 1 aromatic heterocycles. The van der Waals surface area contributed by atoms with E-state index in [4.69, 9.17) is 4.74 Å². The Labute approximate surface area is 143 Å². The minimum atomic E-state index is -0.972. The summed E-state index contributed by atoms with van der Waals surface area (Å²) in [6, 6.07) is 8.16. The Morgan fingerprint density at radius 2 is 2.12 bits per heavy atom. The van der Waals surface area contributed by atoms with Gasteiger partial charge in [-0.25, -0.2) is 13.8 Å². The number of nitrogens with zero attached hydrogens (tertiary/aromatic N) is 2. The summed E-state index contributed by atoms with van der Waals surface area (Å²) < 4.78 is 31.7. The van der Waals surface area contributed by atoms with E-state index in [2.05, 4.69) is 4.98 Å². The largest absolute Gasteiger partial charge is 0.481 e. The van der Waals surface area contributed by atoms with E-state index >= 15 is 0 Å². The first kappa shape index (κ1) is 17.3. The number of aliphatic hydroxyl groups is 1. The summed E-state index contributed by atoms with van der Waals surface area (Å²) in [5.41, 5.74) is 0.997. The number of likely N-dealkylation sites (tertiary alicyclic amines) is 1. The van der Waals surface area contributed by atoms with Crippen molar-refractivity contribution >= 4 is 5.91 Å². The van der Waals surface area contributed by atoms with E-state index in [1.165, 1.54) is 18.1 Å². The van der Waals surface area contributed by atoms with Crippen LogP contribution in [0.25, 0.3) is 0 Å². The van der Waals surface area contributed by atoms with Crippen molar-refractivity contribution in [3.05, 3.63) is 59.3 Å². The maximum atomic E-state index is 13.5. The third-order valence-electron chi connectivity index (χ3n) is 4.25. The van der Waals surface area contributed by atoms with E-state index in [9.17, 15) is 18.7 Å². The smallest absolute Gasteiger partial charge is 0.229 e. The molecule has 1 N–H and O–H groups in total. The molecular weight excluding hydrogens is 330 g/mol. The van der Waals surface area contributed by atoms with Crippen LogP contribution >= 0.6 is 0 Å². The Bertz CT molecular complexity index is 785. The first-order chi connectivity index (χ1) is 12.0. The molecule has 0 aliphatic carbocycles. The van der Waals surface area contributed by atoms with Crippen LogP contribution in [-0.2, 0) is 11.2 Å². The molecular formula is C18H18F2N2O3. The van der Waals surface area contributed by atoms with Crippen molar-refractivity contribution in [2.45, 2.75) is 25.0 Å². The van der Waals surface area contributed by atoms with Crippen molar-refractivity contribution in [2.24, 2.45) is 0 Å². The van der Waals surface area contributed by atoms with Crippen molar-refractivity contribution in [1.29, 1.82) is 0 Å². The van der Waals surface area contributed by atoms with Crippen molar-refractivity contribution in [2.75, 3.05) is 13.7 Å². The van der Waals surface area contributed by atoms with Crippen molar-refractivity contribution < 1.29 is 23.4 Å². The lowest BCUT2D eigenvalue weighted by atomic mass is 10.0. The van der Waals surface area contributed by atoms with Crippen molar-refractivity contribution in [3.63, 3.8) is 0 Å². The van der Waals surface area contributed by atoms with Gasteiger partial charge in [0, 0.05) is 12.6 Å². The first-order valence-electron chi connectivity index (χ1n) is 7.90. The Morgan fingerprint density at radius 3 is 2.84 bits per heavy atom. The van der Waals surface area contributed by atoms with Gasteiger partial charge in [0.25, 0.3) is 0 Å². The molecule has 3 rings (SSSR count). The minimum absolute atomic E-state index is 0.0318. The van der Waals surface area contributed by atoms with E-state index in [0.29, 0.717) is 17.1 Å². The van der Waals surface area contributed by atoms with Crippen molar-refractivity contribution in [1.82, 2.24) is 9.88 Å². The molecule has 0 saturated carbocycles. The number of aliphatic hydroxyl groups excluding tert-OH is 1. The number of β-amino-alcohol motifs (C(OH)–C–C–N with tert-alkyl or cyclic N) is 1. The molecule has 2 atom stereocenters. The predicted molar refractivity (Wildman–Crippen MR) is 85.9 cm³/mol. The topological polar surface area (TPSA) is 62.7 Å². The highest BCUT2D eigenvalue weighted by atomic mass is 19.2. The average molecular weight is 348 g/mol. The van der Waals surface area contributed by atoms with E-state index in [1.807, 2.05) is 0 Å². The number of methoxy groups -OCH3 is 1. The predicted octanol–water partition coefficient (Wildman–Crippen LogP) is 2.25. The number of halogens is 2. The number of aromatic nitrogens is 1. The van der Waals surface area contributed by atoms with Gasteiger partial charge in [0.05, 0.1) is 31.4 Å². The normalized spacial score (nSPS) is 19.9. The molecule has 1 aliphatic heterocycles. The fourth-order valence-electron chi connectivity index (χ4n) is 3.05. The van der Waals surface area contributed by atoms with Crippen LogP contribution in [0.3, 0.4) is 0 Å². The van der Waals surface area contributed by atoms with Gasteiger partial charge in [-0.15, -0.1) is 0 Å². The lowest BCUT2D eigenvalue weighted by Crippen LogP contribution is -2.33. The van der Waals surface area contributed by atoms with Crippen LogP contribution < -0.4 is 4.74 Å². The number of benzene rings is 1. The van der Waals surface area contributed by atoms with E-state index in [0.717, 1.165) is 12.1 Å². The second-order valence-corrected chi connectivity index (χ2v) is 5.97. The molecule has 0 unspecified atom stereocenters. The summed E-state index contributed by atoms with van der Waals surface area (Å²) in [5.74, 6) is -1.75. The number of hydrogen-bond donors (Lipinski definition) is 1. The van der Waals surface area contributed by atoms with E-state index < -0.39 is 23.8 Å². The maximum absolute atomic E-state index is 13.5. The Kier molecular flexibility index (Phi) is 4.94. The monoisotopic (exact) mass is 348 g/mol. The lowest BCUT2D eigenvalue weighted by Gasteiger charge is -2.25. The molecule has 132 valence electrons. The summed E-state index contributed by atoms with van der Waals surface area (Å²) >= 11 is 0. The molecule has 0 radical (unpaired) electrons. The molecule has 0 spiro atoms. The molecule has 1 saturated heterocycles. The SMILES string of the molecule is COc1cccc(CC(=O)N2C[C@@H](O)C[C@H]2c2ccc(F)c(F)c2)n1. The highest BCUT2D eigenvalue weighted by Gasteiger charge is 2.35. The van der Waals surface area contributed by atoms with Gasteiger partial charge in [0.2, 0.25) is 11.8 Å². The fraction of sp³-hybridized carbons (Fsp3) is 0.333. The molecule has 5 nitrogen and oxygen atoms in total. The van der Waals surface area contributed by atoms with Gasteiger partial charge in [0.15, 0.2) is 11.6 Å². The Morgan fingerprint density at radius 1 is 1.32 bits per heavy atom. The third-order valence-corrected chi connectivity index (χ3v) is 4.25. The van der Waals surface area contributed by atoms with E-state index in [-0.39, 0.29) is 25.3 Å². The second-order valence-electron chi connectivity index (χ2n) is 5.97. The molecule has 1 amide bonds. The number of rotatable bonds is 4. The van der Waals surface area contributed by atoms with Gasteiger partial charge in [-0.05, 0) is 30.2 Å². The zero-order valence-electron chi connectivity index (χ0n) is 13.7. The second kappa shape index (κ2) is 7.14. The quantitative estimate of drug-likeness (QED) is 0.921. The molecule has 2 heterocycles. The van der Waals surface area contributed by atoms with Crippen LogP contribution in [-0.4, -0.2) is 40.7 Å². The highest BCUT2D eigenvalue weighted by Crippen LogP contribution is 2.33. The van der Waals surface area contributed by atoms with Crippen LogP contribution in [0.1, 0.15) is 23.7 Å². The molecule has 2 aromatic rings. The Balaban J connectivity index is 1.80. The summed E-state index contributed by atoms with van der Waals surface area (Å²) in [5, 5.41) is 9.96. The highest BCUT2D eigenvalue weighted by molar-refractivity contribution is 5.79. The van der Waals surface area contributed by atoms with Crippen LogP contribution in [0.5, 0.6) is 5.88 Å². The average Bonchev–Trinajstić information content (AvgIpc) is 2.99. The van der Waals surface area contributed by atoms with Gasteiger partial charge in [0.1, 0.15) is 0 Å². The number of pyridine rings is 1. The number of hydrogen-bond acceptors (Lipinski definition) is 4. The molecule has 1 fully saturated rings. The molecule has 25 heavy (non-hydrogen) atoms. The summed E-state index contributed by atoms with van der Waals surface area (Å²) in [6.45, 7) is 0.145. The lowest BCUT2D eigenvalue weighted by molar-refractivity contribution is -0.131. The van der Waals surface area contributed by atoms with Gasteiger partial charge in [-0.3, -0.25) is 4.79 Å². The number of carbonyl (C=O) groups is 1. The third kappa shape index (κ3) is 3.76. The number of amides is 1. The van der Waals surface area contributed by atoms with E-state index in [1.54, 1.807) is 18.2 Å². The molecule has 7 heteroatoms. The van der Waals surface area contributed by atoms with Crippen LogP contribution in [0.4, 0.5) is 8.78 Å². The summed E-state index contributed by atoms with van der Waals surface area (Å²) in [4.78, 5) is 18.3. The summed E-state index contributed by atoms with van der Waals surface area (Å²) in [7, 11) is 1.49. The molecule has 1 aliphatic rings. The molecule has 1 aromatic carbocycles. The molecule has 0 bridgehead atoms. The van der Waals surface area contributed by atoms with Crippen LogP contribution in [0.2, 0.25) is 0 Å². The van der Waals surface area contributed by atoms with Crippen LogP contribution in [0, 0.1) is 11.6 Å². The van der Waals surface area contributed by atoms with Gasteiger partial charge >= 0.3 is 0 Å². The van der Waals surface area contributed by atoms with Gasteiger partial charge in [-0.1, -0.05) is 12.1 Å². The van der Waals surface area contributed by atoms with Gasteiger partial charge < -0.3 is 14.7 Å². The number of ether oxygens (including phenoxy) is 1. The maximum Gasteiger partial charge on any atom is 0.229 e. The fourth-order valence-corrected chi connectivity index (χ4v) is 3.05. The first-order valence-corrected chi connectivity index (χ1v) is 7.90. The van der Waals surface area contributed by atoms with Crippen LogP contribution in [0.15, 0.2) is 36.4 Å². The number of carbonyl (C=O) groups excluding carboxylic acids is 1. The zero-order chi connectivity index (χ0) is 18.0. The minimum Gasteiger partial charge on any atom is -0.481 e. The standard InChI is InChI=1S/C18H18F2N2O3/c1-25-17-4-2-3-12(21-17)8-18(24)22-10-13(23)9-16(22)11-5-6-14(19)15(20)7-11/h2-7,13,16,23H,8-10H2,1H3/t13-,16-/m0/s1. The summed E-state index contributed by atoms with van der Waals surface area (Å²) in [6.07, 6.45) is -0.396. The van der Waals surface area contributed by atoms with Crippen molar-refractivity contribution in [3.8, 4) is 5.88 Å². The zero-order valence-corrected chi connectivity index (χ0v) is 13.7.